The Morgan fingerprint density at radius 1 is 1.05 bits per heavy atom. The van der Waals surface area contributed by atoms with E-state index in [0.29, 0.717) is 30.1 Å². The minimum absolute atomic E-state index is 0.130. The molecule has 0 aliphatic carbocycles. The Hall–Kier alpha value is -2.40. The Morgan fingerprint density at radius 3 is 2.45 bits per heavy atom. The minimum Gasteiger partial charge on any atom is -0.507 e. The van der Waals surface area contributed by atoms with Crippen LogP contribution in [0.15, 0.2) is 36.4 Å². The van der Waals surface area contributed by atoms with E-state index in [-0.39, 0.29) is 5.75 Å². The van der Waals surface area contributed by atoms with E-state index >= 15 is 0 Å². The molecule has 0 spiro atoms. The molecule has 0 saturated carbocycles. The van der Waals surface area contributed by atoms with Gasteiger partial charge in [-0.25, -0.2) is 0 Å². The van der Waals surface area contributed by atoms with E-state index in [4.69, 9.17) is 16.2 Å². The van der Waals surface area contributed by atoms with E-state index < -0.39 is 0 Å². The van der Waals surface area contributed by atoms with Gasteiger partial charge in [0.25, 0.3) is 0 Å². The number of nitrogens with one attached hydrogen (secondary N) is 1. The van der Waals surface area contributed by atoms with Crippen LogP contribution in [0, 0.1) is 0 Å². The maximum Gasteiger partial charge on any atom is 0.125 e. The normalized spacial score (nSPS) is 10.4. The molecule has 2 rings (SSSR count). The van der Waals surface area contributed by atoms with Gasteiger partial charge in [-0.1, -0.05) is 0 Å². The molecule has 0 radical (unpaired) electrons. The fraction of sp³-hybridized carbons (Fsp3) is 0.200. The number of methoxy groups -OCH3 is 1. The van der Waals surface area contributed by atoms with E-state index in [1.807, 2.05) is 18.2 Å². The molecule has 5 nitrogen and oxygen atoms in total. The van der Waals surface area contributed by atoms with E-state index in [9.17, 15) is 5.11 Å². The highest BCUT2D eigenvalue weighted by atomic mass is 16.5. The second kappa shape index (κ2) is 6.16. The lowest BCUT2D eigenvalue weighted by Gasteiger charge is -2.14. The van der Waals surface area contributed by atoms with E-state index in [2.05, 4.69) is 5.32 Å². The highest BCUT2D eigenvalue weighted by molar-refractivity contribution is 5.84. The van der Waals surface area contributed by atoms with Gasteiger partial charge < -0.3 is 26.6 Å². The SMILES string of the molecule is COCCNc1ccc(N)cc1-c1ccc(N)cc1O. The molecular formula is C15H19N3O2. The first-order valence-corrected chi connectivity index (χ1v) is 6.33. The largest absolute Gasteiger partial charge is 0.507 e. The van der Waals surface area contributed by atoms with Crippen LogP contribution in [0.1, 0.15) is 0 Å². The van der Waals surface area contributed by atoms with Gasteiger partial charge in [0.2, 0.25) is 0 Å². The molecule has 2 aromatic carbocycles. The highest BCUT2D eigenvalue weighted by Gasteiger charge is 2.10. The average molecular weight is 273 g/mol. The maximum atomic E-state index is 10.1. The summed E-state index contributed by atoms with van der Waals surface area (Å²) in [4.78, 5) is 0. The van der Waals surface area contributed by atoms with Crippen LogP contribution in [-0.4, -0.2) is 25.4 Å². The lowest BCUT2D eigenvalue weighted by atomic mass is 10.0. The zero-order chi connectivity index (χ0) is 14.5. The third kappa shape index (κ3) is 3.13. The summed E-state index contributed by atoms with van der Waals surface area (Å²) in [6, 6.07) is 10.6. The zero-order valence-corrected chi connectivity index (χ0v) is 11.4. The van der Waals surface area contributed by atoms with Gasteiger partial charge in [-0.05, 0) is 30.3 Å². The summed E-state index contributed by atoms with van der Waals surface area (Å²) in [7, 11) is 1.65. The number of phenolic OH excluding ortho intramolecular Hbond substituents is 1. The van der Waals surface area contributed by atoms with Crippen molar-refractivity contribution in [3.05, 3.63) is 36.4 Å². The van der Waals surface area contributed by atoms with Crippen LogP contribution in [0.4, 0.5) is 17.1 Å². The Balaban J connectivity index is 2.40. The average Bonchev–Trinajstić information content (AvgIpc) is 2.41. The van der Waals surface area contributed by atoms with Crippen molar-refractivity contribution >= 4 is 17.1 Å². The molecule has 0 aromatic heterocycles. The summed E-state index contributed by atoms with van der Waals surface area (Å²) < 4.78 is 5.02. The van der Waals surface area contributed by atoms with Crippen molar-refractivity contribution in [2.24, 2.45) is 0 Å². The van der Waals surface area contributed by atoms with Crippen LogP contribution in [0.25, 0.3) is 11.1 Å². The lowest BCUT2D eigenvalue weighted by molar-refractivity contribution is 0.211. The standard InChI is InChI=1S/C15H19N3O2/c1-20-7-6-18-14-5-3-10(16)8-13(14)12-4-2-11(17)9-15(12)19/h2-5,8-9,18-19H,6-7,16-17H2,1H3. The third-order valence-corrected chi connectivity index (χ3v) is 2.98. The van der Waals surface area contributed by atoms with E-state index in [1.165, 1.54) is 6.07 Å². The summed E-state index contributed by atoms with van der Waals surface area (Å²) in [5, 5.41) is 13.3. The van der Waals surface area contributed by atoms with Crippen molar-refractivity contribution < 1.29 is 9.84 Å². The van der Waals surface area contributed by atoms with Crippen molar-refractivity contribution in [1.29, 1.82) is 0 Å². The summed E-state index contributed by atoms with van der Waals surface area (Å²) in [6.07, 6.45) is 0. The number of hydrogen-bond acceptors (Lipinski definition) is 5. The smallest absolute Gasteiger partial charge is 0.125 e. The van der Waals surface area contributed by atoms with Crippen molar-refractivity contribution in [3.63, 3.8) is 0 Å². The first-order valence-electron chi connectivity index (χ1n) is 6.33. The number of ether oxygens (including phenoxy) is 1. The van der Waals surface area contributed by atoms with Crippen LogP contribution in [-0.2, 0) is 4.74 Å². The van der Waals surface area contributed by atoms with E-state index in [1.54, 1.807) is 19.2 Å². The number of phenols is 1. The predicted molar refractivity (Wildman–Crippen MR) is 82.7 cm³/mol. The molecular weight excluding hydrogens is 254 g/mol. The Bertz CT molecular complexity index is 600. The van der Waals surface area contributed by atoms with Gasteiger partial charge in [0.15, 0.2) is 0 Å². The van der Waals surface area contributed by atoms with Crippen molar-refractivity contribution in [2.45, 2.75) is 0 Å². The van der Waals surface area contributed by atoms with Crippen molar-refractivity contribution in [3.8, 4) is 16.9 Å². The molecule has 2 aromatic rings. The number of aromatic hydroxyl groups is 1. The summed E-state index contributed by atoms with van der Waals surface area (Å²) in [5.74, 6) is 0.130. The second-order valence-electron chi connectivity index (χ2n) is 4.50. The third-order valence-electron chi connectivity index (χ3n) is 2.98. The maximum absolute atomic E-state index is 10.1. The summed E-state index contributed by atoms with van der Waals surface area (Å²) in [6.45, 7) is 1.26. The molecule has 0 unspecified atom stereocenters. The molecule has 20 heavy (non-hydrogen) atoms. The van der Waals surface area contributed by atoms with Crippen molar-refractivity contribution in [1.82, 2.24) is 0 Å². The molecule has 0 aliphatic rings. The van der Waals surface area contributed by atoms with E-state index in [0.717, 1.165) is 11.3 Å². The lowest BCUT2D eigenvalue weighted by Crippen LogP contribution is -2.08. The van der Waals surface area contributed by atoms with Crippen molar-refractivity contribution in [2.75, 3.05) is 37.0 Å². The molecule has 0 bridgehead atoms. The molecule has 0 aliphatic heterocycles. The molecule has 6 N–H and O–H groups in total. The molecule has 0 saturated heterocycles. The number of nitrogens with two attached hydrogens (primary N) is 2. The van der Waals surface area contributed by atoms with Crippen LogP contribution in [0.3, 0.4) is 0 Å². The van der Waals surface area contributed by atoms with Gasteiger partial charge in [0.05, 0.1) is 6.61 Å². The molecule has 0 atom stereocenters. The van der Waals surface area contributed by atoms with Gasteiger partial charge in [0, 0.05) is 47.9 Å². The Labute approximate surface area is 118 Å². The number of hydrogen-bond donors (Lipinski definition) is 4. The second-order valence-corrected chi connectivity index (χ2v) is 4.50. The molecule has 106 valence electrons. The minimum atomic E-state index is 0.130. The number of nitrogen functional groups attached to an aromatic ring is 2. The first-order chi connectivity index (χ1) is 9.61. The number of benzene rings is 2. The van der Waals surface area contributed by atoms with Gasteiger partial charge >= 0.3 is 0 Å². The highest BCUT2D eigenvalue weighted by Crippen LogP contribution is 2.36. The molecule has 5 heteroatoms. The molecule has 0 amide bonds. The first kappa shape index (κ1) is 14.0. The van der Waals surface area contributed by atoms with Gasteiger partial charge in [-0.3, -0.25) is 0 Å². The number of rotatable bonds is 5. The predicted octanol–water partition coefficient (Wildman–Crippen LogP) is 2.28. The monoisotopic (exact) mass is 273 g/mol. The number of anilines is 3. The van der Waals surface area contributed by atoms with Crippen LogP contribution in [0.2, 0.25) is 0 Å². The zero-order valence-electron chi connectivity index (χ0n) is 11.4. The Kier molecular flexibility index (Phi) is 4.32. The van der Waals surface area contributed by atoms with Crippen LogP contribution < -0.4 is 16.8 Å². The topological polar surface area (TPSA) is 93.5 Å². The van der Waals surface area contributed by atoms with Gasteiger partial charge in [-0.2, -0.15) is 0 Å². The Morgan fingerprint density at radius 2 is 1.75 bits per heavy atom. The fourth-order valence-electron chi connectivity index (χ4n) is 2.00. The van der Waals surface area contributed by atoms with Crippen LogP contribution in [0.5, 0.6) is 5.75 Å². The summed E-state index contributed by atoms with van der Waals surface area (Å²) >= 11 is 0. The summed E-state index contributed by atoms with van der Waals surface area (Å²) in [5.41, 5.74) is 15.1. The quantitative estimate of drug-likeness (QED) is 0.495. The van der Waals surface area contributed by atoms with Crippen LogP contribution >= 0.6 is 0 Å². The molecule has 0 fully saturated rings. The molecule has 0 heterocycles. The fourth-order valence-corrected chi connectivity index (χ4v) is 2.00. The van der Waals surface area contributed by atoms with Gasteiger partial charge in [-0.15, -0.1) is 0 Å². The van der Waals surface area contributed by atoms with Gasteiger partial charge in [0.1, 0.15) is 5.75 Å².